The van der Waals surface area contributed by atoms with Crippen molar-refractivity contribution >= 4 is 21.6 Å². The predicted octanol–water partition coefficient (Wildman–Crippen LogP) is 3.07. The van der Waals surface area contributed by atoms with Gasteiger partial charge in [0, 0.05) is 23.8 Å². The van der Waals surface area contributed by atoms with Crippen molar-refractivity contribution in [3.63, 3.8) is 0 Å². The molecule has 1 N–H and O–H groups in total. The number of aryl methyl sites for hydroxylation is 1. The van der Waals surface area contributed by atoms with E-state index in [9.17, 15) is 8.78 Å². The largest absolute Gasteiger partial charge is 0.376 e. The number of rotatable bonds is 3. The van der Waals surface area contributed by atoms with Crippen LogP contribution >= 0.6 is 15.9 Å². The molecule has 3 nitrogen and oxygen atoms in total. The zero-order chi connectivity index (χ0) is 12.4. The first kappa shape index (κ1) is 12.0. The van der Waals surface area contributed by atoms with Crippen molar-refractivity contribution in [2.75, 3.05) is 5.32 Å². The third kappa shape index (κ3) is 2.82. The number of hydrogen-bond acceptors (Lipinski definition) is 2. The SMILES string of the molecule is Cn1ccc(CNc2c(F)cc(F)cc2Br)n1. The van der Waals surface area contributed by atoms with E-state index in [1.807, 2.05) is 6.07 Å². The van der Waals surface area contributed by atoms with Crippen LogP contribution in [0.25, 0.3) is 0 Å². The lowest BCUT2D eigenvalue weighted by Crippen LogP contribution is -2.04. The van der Waals surface area contributed by atoms with Crippen molar-refractivity contribution in [2.45, 2.75) is 6.54 Å². The highest BCUT2D eigenvalue weighted by molar-refractivity contribution is 9.10. The van der Waals surface area contributed by atoms with E-state index in [2.05, 4.69) is 26.3 Å². The van der Waals surface area contributed by atoms with Gasteiger partial charge in [-0.25, -0.2) is 8.78 Å². The molecule has 90 valence electrons. The van der Waals surface area contributed by atoms with Gasteiger partial charge in [0.05, 0.1) is 17.9 Å². The van der Waals surface area contributed by atoms with Crippen LogP contribution in [0.5, 0.6) is 0 Å². The molecule has 0 aliphatic carbocycles. The molecule has 0 bridgehead atoms. The highest BCUT2D eigenvalue weighted by Gasteiger charge is 2.09. The lowest BCUT2D eigenvalue weighted by atomic mass is 10.3. The van der Waals surface area contributed by atoms with Crippen LogP contribution in [-0.4, -0.2) is 9.78 Å². The van der Waals surface area contributed by atoms with E-state index in [1.165, 1.54) is 6.07 Å². The van der Waals surface area contributed by atoms with Gasteiger partial charge in [-0.05, 0) is 28.1 Å². The van der Waals surface area contributed by atoms with Crippen molar-refractivity contribution in [1.82, 2.24) is 9.78 Å². The van der Waals surface area contributed by atoms with E-state index in [0.29, 0.717) is 11.0 Å². The van der Waals surface area contributed by atoms with Crippen molar-refractivity contribution in [2.24, 2.45) is 7.05 Å². The Bertz CT molecular complexity index is 516. The Hall–Kier alpha value is -1.43. The van der Waals surface area contributed by atoms with Crippen molar-refractivity contribution < 1.29 is 8.78 Å². The average molecular weight is 302 g/mol. The quantitative estimate of drug-likeness (QED) is 0.944. The molecule has 2 rings (SSSR count). The summed E-state index contributed by atoms with van der Waals surface area (Å²) in [6.45, 7) is 0.377. The predicted molar refractivity (Wildman–Crippen MR) is 64.6 cm³/mol. The van der Waals surface area contributed by atoms with Crippen LogP contribution in [0.4, 0.5) is 14.5 Å². The van der Waals surface area contributed by atoms with Crippen LogP contribution < -0.4 is 5.32 Å². The van der Waals surface area contributed by atoms with E-state index in [1.54, 1.807) is 17.9 Å². The van der Waals surface area contributed by atoms with Crippen LogP contribution in [0.15, 0.2) is 28.9 Å². The van der Waals surface area contributed by atoms with E-state index in [0.717, 1.165) is 11.8 Å². The number of benzene rings is 1. The summed E-state index contributed by atoms with van der Waals surface area (Å²) in [5, 5.41) is 7.02. The Labute approximate surface area is 106 Å². The summed E-state index contributed by atoms with van der Waals surface area (Å²) in [5.74, 6) is -1.24. The van der Waals surface area contributed by atoms with Gasteiger partial charge in [-0.3, -0.25) is 4.68 Å². The third-order valence-corrected chi connectivity index (χ3v) is 2.85. The molecule has 0 spiro atoms. The lowest BCUT2D eigenvalue weighted by Gasteiger charge is -2.08. The van der Waals surface area contributed by atoms with E-state index in [4.69, 9.17) is 0 Å². The number of nitrogens with zero attached hydrogens (tertiary/aromatic N) is 2. The van der Waals surface area contributed by atoms with Gasteiger partial charge in [-0.15, -0.1) is 0 Å². The standard InChI is InChI=1S/C11H10BrF2N3/c1-17-3-2-8(16-17)6-15-11-9(12)4-7(13)5-10(11)14/h2-5,15H,6H2,1H3. The van der Waals surface area contributed by atoms with Crippen LogP contribution in [-0.2, 0) is 13.6 Å². The fourth-order valence-electron chi connectivity index (χ4n) is 1.45. The van der Waals surface area contributed by atoms with Gasteiger partial charge < -0.3 is 5.32 Å². The van der Waals surface area contributed by atoms with Crippen molar-refractivity contribution in [1.29, 1.82) is 0 Å². The second kappa shape index (κ2) is 4.83. The summed E-state index contributed by atoms with van der Waals surface area (Å²) < 4.78 is 28.3. The summed E-state index contributed by atoms with van der Waals surface area (Å²) in [6.07, 6.45) is 1.80. The Morgan fingerprint density at radius 1 is 1.41 bits per heavy atom. The zero-order valence-corrected chi connectivity index (χ0v) is 10.6. The Morgan fingerprint density at radius 3 is 2.76 bits per heavy atom. The smallest absolute Gasteiger partial charge is 0.150 e. The van der Waals surface area contributed by atoms with Crippen LogP contribution in [0.1, 0.15) is 5.69 Å². The molecular weight excluding hydrogens is 292 g/mol. The molecule has 0 radical (unpaired) electrons. The third-order valence-electron chi connectivity index (χ3n) is 2.22. The molecule has 0 unspecified atom stereocenters. The van der Waals surface area contributed by atoms with Crippen molar-refractivity contribution in [3.05, 3.63) is 46.2 Å². The number of hydrogen-bond donors (Lipinski definition) is 1. The molecule has 1 aromatic carbocycles. The number of aromatic nitrogens is 2. The van der Waals surface area contributed by atoms with E-state index < -0.39 is 11.6 Å². The van der Waals surface area contributed by atoms with Gasteiger partial charge in [0.25, 0.3) is 0 Å². The molecule has 0 aliphatic rings. The first-order valence-electron chi connectivity index (χ1n) is 4.93. The zero-order valence-electron chi connectivity index (χ0n) is 9.04. The monoisotopic (exact) mass is 301 g/mol. The molecule has 6 heteroatoms. The molecule has 0 saturated heterocycles. The van der Waals surface area contributed by atoms with Crippen LogP contribution in [0, 0.1) is 11.6 Å². The Kier molecular flexibility index (Phi) is 3.42. The minimum absolute atomic E-state index is 0.233. The topological polar surface area (TPSA) is 29.9 Å². The molecule has 17 heavy (non-hydrogen) atoms. The summed E-state index contributed by atoms with van der Waals surface area (Å²) >= 11 is 3.11. The summed E-state index contributed by atoms with van der Waals surface area (Å²) in [7, 11) is 1.80. The van der Waals surface area contributed by atoms with Gasteiger partial charge in [0.15, 0.2) is 0 Å². The van der Waals surface area contributed by atoms with E-state index in [-0.39, 0.29) is 5.69 Å². The highest BCUT2D eigenvalue weighted by atomic mass is 79.9. The molecule has 0 fully saturated rings. The second-order valence-electron chi connectivity index (χ2n) is 3.58. The van der Waals surface area contributed by atoms with Gasteiger partial charge in [-0.1, -0.05) is 0 Å². The Morgan fingerprint density at radius 2 is 2.18 bits per heavy atom. The summed E-state index contributed by atoms with van der Waals surface area (Å²) in [6, 6.07) is 3.87. The molecule has 0 saturated carbocycles. The van der Waals surface area contributed by atoms with Crippen LogP contribution in [0.2, 0.25) is 0 Å². The Balaban J connectivity index is 2.14. The summed E-state index contributed by atoms with van der Waals surface area (Å²) in [5.41, 5.74) is 1.01. The van der Waals surface area contributed by atoms with Gasteiger partial charge in [-0.2, -0.15) is 5.10 Å². The molecule has 0 aliphatic heterocycles. The molecule has 2 aromatic rings. The minimum Gasteiger partial charge on any atom is -0.376 e. The van der Waals surface area contributed by atoms with Gasteiger partial charge >= 0.3 is 0 Å². The van der Waals surface area contributed by atoms with E-state index >= 15 is 0 Å². The maximum absolute atomic E-state index is 13.5. The highest BCUT2D eigenvalue weighted by Crippen LogP contribution is 2.27. The summed E-state index contributed by atoms with van der Waals surface area (Å²) in [4.78, 5) is 0. The molecule has 1 heterocycles. The lowest BCUT2D eigenvalue weighted by molar-refractivity contribution is 0.583. The number of halogens is 3. The van der Waals surface area contributed by atoms with Crippen molar-refractivity contribution in [3.8, 4) is 0 Å². The molecule has 0 amide bonds. The average Bonchev–Trinajstić information content (AvgIpc) is 2.62. The van der Waals surface area contributed by atoms with Gasteiger partial charge in [0.2, 0.25) is 0 Å². The number of nitrogens with one attached hydrogen (secondary N) is 1. The number of anilines is 1. The molecule has 1 aromatic heterocycles. The van der Waals surface area contributed by atoms with Crippen LogP contribution in [0.3, 0.4) is 0 Å². The maximum Gasteiger partial charge on any atom is 0.150 e. The normalized spacial score (nSPS) is 10.6. The van der Waals surface area contributed by atoms with Gasteiger partial charge in [0.1, 0.15) is 11.6 Å². The first-order valence-corrected chi connectivity index (χ1v) is 5.72. The second-order valence-corrected chi connectivity index (χ2v) is 4.43. The maximum atomic E-state index is 13.5. The molecule has 0 atom stereocenters. The minimum atomic E-state index is -0.632. The fourth-order valence-corrected chi connectivity index (χ4v) is 2.00. The first-order chi connectivity index (χ1) is 8.06. The molecular formula is C11H10BrF2N3. The fraction of sp³-hybridized carbons (Fsp3) is 0.182.